The third-order valence-corrected chi connectivity index (χ3v) is 3.28. The van der Waals surface area contributed by atoms with E-state index in [4.69, 9.17) is 5.11 Å². The Labute approximate surface area is 110 Å². The Morgan fingerprint density at radius 3 is 2.83 bits per heavy atom. The first-order chi connectivity index (χ1) is 8.63. The van der Waals surface area contributed by atoms with Crippen molar-refractivity contribution in [2.24, 2.45) is 0 Å². The minimum Gasteiger partial charge on any atom is -0.480 e. The van der Waals surface area contributed by atoms with Gasteiger partial charge >= 0.3 is 5.97 Å². The number of thiazole rings is 1. The third-order valence-electron chi connectivity index (χ3n) is 2.44. The molecule has 0 fully saturated rings. The molecule has 1 rings (SSSR count). The van der Waals surface area contributed by atoms with E-state index < -0.39 is 5.97 Å². The molecule has 1 aromatic heterocycles. The second kappa shape index (κ2) is 7.81. The maximum Gasteiger partial charge on any atom is 0.323 e. The van der Waals surface area contributed by atoms with E-state index in [0.717, 1.165) is 17.8 Å². The van der Waals surface area contributed by atoms with Gasteiger partial charge in [0.2, 0.25) is 5.91 Å². The summed E-state index contributed by atoms with van der Waals surface area (Å²) in [4.78, 5) is 28.0. The largest absolute Gasteiger partial charge is 0.480 e. The molecule has 1 aromatic rings. The van der Waals surface area contributed by atoms with Crippen LogP contribution in [0.4, 0.5) is 0 Å². The predicted octanol–water partition coefficient (Wildman–Crippen LogP) is 1.79. The van der Waals surface area contributed by atoms with Crippen molar-refractivity contribution < 1.29 is 14.7 Å². The molecule has 0 radical (unpaired) electrons. The van der Waals surface area contributed by atoms with Gasteiger partial charge in [0.15, 0.2) is 0 Å². The summed E-state index contributed by atoms with van der Waals surface area (Å²) in [5.41, 5.74) is 0. The molecule has 18 heavy (non-hydrogen) atoms. The van der Waals surface area contributed by atoms with Crippen molar-refractivity contribution >= 4 is 23.2 Å². The fourth-order valence-electron chi connectivity index (χ4n) is 1.65. The number of rotatable bonds is 8. The highest BCUT2D eigenvalue weighted by Gasteiger charge is 2.15. The number of aryl methyl sites for hydroxylation is 1. The number of carbonyl (C=O) groups is 2. The molecule has 5 nitrogen and oxygen atoms in total. The summed E-state index contributed by atoms with van der Waals surface area (Å²) in [6, 6.07) is 0. The van der Waals surface area contributed by atoms with Crippen LogP contribution in [-0.2, 0) is 16.0 Å². The standard InChI is InChI=1S/C12H18N2O3S/c1-2-7-14(9-12(16)17)11(15)5-3-4-10-13-6-8-18-10/h6,8H,2-5,7,9H2,1H3,(H,16,17). The van der Waals surface area contributed by atoms with Crippen LogP contribution in [0, 0.1) is 0 Å². The molecule has 0 aliphatic rings. The van der Waals surface area contributed by atoms with Gasteiger partial charge in [0, 0.05) is 24.5 Å². The zero-order valence-electron chi connectivity index (χ0n) is 10.5. The van der Waals surface area contributed by atoms with Gasteiger partial charge in [-0.1, -0.05) is 6.92 Å². The Morgan fingerprint density at radius 1 is 1.50 bits per heavy atom. The maximum absolute atomic E-state index is 11.8. The average Bonchev–Trinajstić information content (AvgIpc) is 2.81. The number of amides is 1. The second-order valence-corrected chi connectivity index (χ2v) is 4.97. The van der Waals surface area contributed by atoms with Gasteiger partial charge in [-0.25, -0.2) is 4.98 Å². The molecule has 0 saturated carbocycles. The smallest absolute Gasteiger partial charge is 0.323 e. The monoisotopic (exact) mass is 270 g/mol. The van der Waals surface area contributed by atoms with Gasteiger partial charge in [-0.05, 0) is 19.3 Å². The molecule has 0 atom stereocenters. The Kier molecular flexibility index (Phi) is 6.35. The van der Waals surface area contributed by atoms with Crippen LogP contribution in [0.25, 0.3) is 0 Å². The number of hydrogen-bond donors (Lipinski definition) is 1. The molecule has 0 unspecified atom stereocenters. The molecule has 100 valence electrons. The van der Waals surface area contributed by atoms with E-state index in [0.29, 0.717) is 19.4 Å². The van der Waals surface area contributed by atoms with Crippen molar-refractivity contribution in [3.8, 4) is 0 Å². The number of nitrogens with zero attached hydrogens (tertiary/aromatic N) is 2. The highest BCUT2D eigenvalue weighted by molar-refractivity contribution is 7.09. The highest BCUT2D eigenvalue weighted by Crippen LogP contribution is 2.09. The lowest BCUT2D eigenvalue weighted by molar-refractivity contribution is -0.144. The summed E-state index contributed by atoms with van der Waals surface area (Å²) in [5.74, 6) is -1.05. The fourth-order valence-corrected chi connectivity index (χ4v) is 2.31. The Bertz CT molecular complexity index is 379. The maximum atomic E-state index is 11.8. The molecule has 1 heterocycles. The van der Waals surface area contributed by atoms with Crippen LogP contribution < -0.4 is 0 Å². The lowest BCUT2D eigenvalue weighted by atomic mass is 10.2. The summed E-state index contributed by atoms with van der Waals surface area (Å²) in [6.07, 6.45) is 4.39. The molecule has 1 amide bonds. The van der Waals surface area contributed by atoms with Gasteiger partial charge in [-0.3, -0.25) is 9.59 Å². The van der Waals surface area contributed by atoms with E-state index in [9.17, 15) is 9.59 Å². The van der Waals surface area contributed by atoms with Crippen molar-refractivity contribution in [1.29, 1.82) is 0 Å². The molecule has 0 spiro atoms. The van der Waals surface area contributed by atoms with Crippen LogP contribution in [0.1, 0.15) is 31.2 Å². The molecule has 0 aromatic carbocycles. The molecule has 0 aliphatic heterocycles. The molecule has 0 bridgehead atoms. The lowest BCUT2D eigenvalue weighted by Crippen LogP contribution is -2.36. The van der Waals surface area contributed by atoms with Crippen LogP contribution in [0.5, 0.6) is 0 Å². The molecule has 0 aliphatic carbocycles. The number of carboxylic acid groups (broad SMARTS) is 1. The van der Waals surface area contributed by atoms with E-state index in [1.807, 2.05) is 12.3 Å². The quantitative estimate of drug-likeness (QED) is 0.781. The van der Waals surface area contributed by atoms with E-state index in [2.05, 4.69) is 4.98 Å². The minimum atomic E-state index is -0.961. The van der Waals surface area contributed by atoms with Gasteiger partial charge in [0.1, 0.15) is 6.54 Å². The lowest BCUT2D eigenvalue weighted by Gasteiger charge is -2.19. The highest BCUT2D eigenvalue weighted by atomic mass is 32.1. The van der Waals surface area contributed by atoms with Crippen molar-refractivity contribution in [2.45, 2.75) is 32.6 Å². The Morgan fingerprint density at radius 2 is 2.28 bits per heavy atom. The van der Waals surface area contributed by atoms with E-state index in [-0.39, 0.29) is 12.5 Å². The summed E-state index contributed by atoms with van der Waals surface area (Å²) in [7, 11) is 0. The second-order valence-electron chi connectivity index (χ2n) is 3.99. The fraction of sp³-hybridized carbons (Fsp3) is 0.583. The molecule has 0 saturated heterocycles. The van der Waals surface area contributed by atoms with Crippen LogP contribution in [0.15, 0.2) is 11.6 Å². The number of hydrogen-bond acceptors (Lipinski definition) is 4. The molecule has 1 N–H and O–H groups in total. The van der Waals surface area contributed by atoms with Crippen molar-refractivity contribution in [3.05, 3.63) is 16.6 Å². The van der Waals surface area contributed by atoms with Gasteiger partial charge in [-0.2, -0.15) is 0 Å². The number of carbonyl (C=O) groups excluding carboxylic acids is 1. The third kappa shape index (κ3) is 5.27. The van der Waals surface area contributed by atoms with E-state index >= 15 is 0 Å². The summed E-state index contributed by atoms with van der Waals surface area (Å²) >= 11 is 1.57. The SMILES string of the molecule is CCCN(CC(=O)O)C(=O)CCCc1nccs1. The van der Waals surface area contributed by atoms with Crippen LogP contribution >= 0.6 is 11.3 Å². The van der Waals surface area contributed by atoms with Crippen LogP contribution in [-0.4, -0.2) is 40.0 Å². The first kappa shape index (κ1) is 14.6. The predicted molar refractivity (Wildman–Crippen MR) is 69.6 cm³/mol. The summed E-state index contributed by atoms with van der Waals surface area (Å²) in [6.45, 7) is 2.23. The van der Waals surface area contributed by atoms with Gasteiger partial charge in [0.05, 0.1) is 5.01 Å². The number of aliphatic carboxylic acids is 1. The topological polar surface area (TPSA) is 70.5 Å². The van der Waals surface area contributed by atoms with Gasteiger partial charge in [0.25, 0.3) is 0 Å². The first-order valence-corrected chi connectivity index (χ1v) is 6.89. The van der Waals surface area contributed by atoms with Crippen molar-refractivity contribution in [1.82, 2.24) is 9.88 Å². The van der Waals surface area contributed by atoms with Gasteiger partial charge in [-0.15, -0.1) is 11.3 Å². The zero-order chi connectivity index (χ0) is 13.4. The van der Waals surface area contributed by atoms with Crippen molar-refractivity contribution in [2.75, 3.05) is 13.1 Å². The molecular weight excluding hydrogens is 252 g/mol. The Hall–Kier alpha value is -1.43. The van der Waals surface area contributed by atoms with E-state index in [1.165, 1.54) is 4.90 Å². The Balaban J connectivity index is 2.34. The molecular formula is C12H18N2O3S. The van der Waals surface area contributed by atoms with Crippen LogP contribution in [0.3, 0.4) is 0 Å². The van der Waals surface area contributed by atoms with Gasteiger partial charge < -0.3 is 10.0 Å². The molecule has 6 heteroatoms. The van der Waals surface area contributed by atoms with Crippen LogP contribution in [0.2, 0.25) is 0 Å². The van der Waals surface area contributed by atoms with E-state index in [1.54, 1.807) is 17.5 Å². The normalized spacial score (nSPS) is 10.3. The number of carboxylic acids is 1. The summed E-state index contributed by atoms with van der Waals surface area (Å²) in [5, 5.41) is 11.7. The average molecular weight is 270 g/mol. The minimum absolute atomic E-state index is 0.0872. The number of aromatic nitrogens is 1. The first-order valence-electron chi connectivity index (χ1n) is 6.01. The van der Waals surface area contributed by atoms with Crippen molar-refractivity contribution in [3.63, 3.8) is 0 Å². The summed E-state index contributed by atoms with van der Waals surface area (Å²) < 4.78 is 0. The zero-order valence-corrected chi connectivity index (χ0v) is 11.3.